The second-order valence-electron chi connectivity index (χ2n) is 5.38. The summed E-state index contributed by atoms with van der Waals surface area (Å²) in [4.78, 5) is 13.9. The Labute approximate surface area is 98.3 Å². The van der Waals surface area contributed by atoms with Crippen LogP contribution in [0.1, 0.15) is 40.5 Å². The van der Waals surface area contributed by atoms with E-state index in [0.29, 0.717) is 0 Å². The molecule has 1 saturated heterocycles. The number of rotatable bonds is 2. The summed E-state index contributed by atoms with van der Waals surface area (Å²) in [5.41, 5.74) is -0.413. The Morgan fingerprint density at radius 2 is 2.19 bits per heavy atom. The van der Waals surface area contributed by atoms with Crippen LogP contribution in [0.25, 0.3) is 0 Å². The third kappa shape index (κ3) is 4.84. The molecule has 1 N–H and O–H groups in total. The fourth-order valence-corrected chi connectivity index (χ4v) is 1.93. The number of alkyl carbamates (subject to hydrolysis) is 1. The highest BCUT2D eigenvalue weighted by Crippen LogP contribution is 2.11. The molecule has 0 aromatic rings. The van der Waals surface area contributed by atoms with Gasteiger partial charge >= 0.3 is 6.09 Å². The van der Waals surface area contributed by atoms with Crippen molar-refractivity contribution in [2.75, 3.05) is 19.6 Å². The van der Waals surface area contributed by atoms with E-state index in [2.05, 4.69) is 17.1 Å². The number of ether oxygens (including phenoxy) is 1. The molecule has 0 aromatic carbocycles. The summed E-state index contributed by atoms with van der Waals surface area (Å²) < 4.78 is 5.24. The smallest absolute Gasteiger partial charge is 0.407 e. The van der Waals surface area contributed by atoms with Crippen LogP contribution in [-0.2, 0) is 4.74 Å². The number of piperidine rings is 1. The van der Waals surface area contributed by atoms with E-state index in [1.54, 1.807) is 0 Å². The summed E-state index contributed by atoms with van der Waals surface area (Å²) in [6.45, 7) is 10.9. The molecular weight excluding hydrogens is 204 g/mol. The zero-order valence-corrected chi connectivity index (χ0v) is 10.9. The van der Waals surface area contributed by atoms with Gasteiger partial charge in [0.25, 0.3) is 0 Å². The maximum atomic E-state index is 11.6. The highest BCUT2D eigenvalue weighted by molar-refractivity contribution is 5.68. The van der Waals surface area contributed by atoms with Crippen LogP contribution in [-0.4, -0.2) is 42.3 Å². The van der Waals surface area contributed by atoms with E-state index in [0.717, 1.165) is 32.5 Å². The van der Waals surface area contributed by atoms with Gasteiger partial charge < -0.3 is 15.0 Å². The van der Waals surface area contributed by atoms with Crippen molar-refractivity contribution in [2.45, 2.75) is 52.2 Å². The van der Waals surface area contributed by atoms with Gasteiger partial charge in [0.15, 0.2) is 0 Å². The minimum Gasteiger partial charge on any atom is -0.444 e. The molecule has 1 atom stereocenters. The lowest BCUT2D eigenvalue weighted by molar-refractivity contribution is 0.0474. The molecule has 16 heavy (non-hydrogen) atoms. The number of carbonyl (C=O) groups is 1. The molecule has 4 nitrogen and oxygen atoms in total. The first-order valence-corrected chi connectivity index (χ1v) is 6.12. The number of hydrogen-bond acceptors (Lipinski definition) is 3. The summed E-state index contributed by atoms with van der Waals surface area (Å²) >= 11 is 0. The van der Waals surface area contributed by atoms with Crippen LogP contribution in [0, 0.1) is 0 Å². The Balaban J connectivity index is 2.33. The van der Waals surface area contributed by atoms with E-state index in [1.165, 1.54) is 0 Å². The first-order valence-electron chi connectivity index (χ1n) is 6.12. The average Bonchev–Trinajstić information content (AvgIpc) is 2.15. The van der Waals surface area contributed by atoms with Gasteiger partial charge in [-0.3, -0.25) is 0 Å². The van der Waals surface area contributed by atoms with Gasteiger partial charge in [-0.15, -0.1) is 0 Å². The van der Waals surface area contributed by atoms with Crippen LogP contribution >= 0.6 is 0 Å². The van der Waals surface area contributed by atoms with Crippen molar-refractivity contribution in [3.63, 3.8) is 0 Å². The quantitative estimate of drug-likeness (QED) is 0.786. The van der Waals surface area contributed by atoms with Crippen molar-refractivity contribution in [3.8, 4) is 0 Å². The number of hydrogen-bond donors (Lipinski definition) is 1. The lowest BCUT2D eigenvalue weighted by Crippen LogP contribution is -2.48. The fraction of sp³-hybridized carbons (Fsp3) is 0.917. The summed E-state index contributed by atoms with van der Waals surface area (Å²) in [5, 5.41) is 2.94. The predicted octanol–water partition coefficient (Wildman–Crippen LogP) is 2.00. The average molecular weight is 228 g/mol. The molecule has 0 unspecified atom stereocenters. The summed E-state index contributed by atoms with van der Waals surface area (Å²) in [6, 6.07) is 0.239. The van der Waals surface area contributed by atoms with Gasteiger partial charge in [-0.1, -0.05) is 6.92 Å². The molecule has 0 saturated carbocycles. The Morgan fingerprint density at radius 1 is 1.50 bits per heavy atom. The molecule has 0 spiro atoms. The predicted molar refractivity (Wildman–Crippen MR) is 64.5 cm³/mol. The number of likely N-dealkylation sites (tertiary alicyclic amines) is 1. The van der Waals surface area contributed by atoms with Crippen LogP contribution in [0.15, 0.2) is 0 Å². The molecular formula is C12H24N2O2. The molecule has 94 valence electrons. The number of likely N-dealkylation sites (N-methyl/N-ethyl adjacent to an activating group) is 1. The molecule has 0 aromatic heterocycles. The first-order chi connectivity index (χ1) is 7.40. The van der Waals surface area contributed by atoms with Crippen LogP contribution in [0.5, 0.6) is 0 Å². The SMILES string of the molecule is CCN1CCC[C@@H](NC(=O)OC(C)(C)C)C1. The van der Waals surface area contributed by atoms with Crippen molar-refractivity contribution in [1.29, 1.82) is 0 Å². The summed E-state index contributed by atoms with van der Waals surface area (Å²) in [5.74, 6) is 0. The summed E-state index contributed by atoms with van der Waals surface area (Å²) in [6.07, 6.45) is 1.90. The van der Waals surface area contributed by atoms with Crippen molar-refractivity contribution in [2.24, 2.45) is 0 Å². The van der Waals surface area contributed by atoms with Crippen molar-refractivity contribution in [1.82, 2.24) is 10.2 Å². The van der Waals surface area contributed by atoms with Gasteiger partial charge in [0.1, 0.15) is 5.60 Å². The number of nitrogens with zero attached hydrogens (tertiary/aromatic N) is 1. The van der Waals surface area contributed by atoms with E-state index in [1.807, 2.05) is 20.8 Å². The molecule has 1 heterocycles. The maximum absolute atomic E-state index is 11.6. The number of carbonyl (C=O) groups excluding carboxylic acids is 1. The van der Waals surface area contributed by atoms with Crippen molar-refractivity contribution < 1.29 is 9.53 Å². The molecule has 1 fully saturated rings. The van der Waals surface area contributed by atoms with Crippen LogP contribution in [0.2, 0.25) is 0 Å². The van der Waals surface area contributed by atoms with Gasteiger partial charge in [0, 0.05) is 12.6 Å². The Bertz CT molecular complexity index is 236. The lowest BCUT2D eigenvalue weighted by Gasteiger charge is -2.32. The monoisotopic (exact) mass is 228 g/mol. The van der Waals surface area contributed by atoms with E-state index in [9.17, 15) is 4.79 Å². The molecule has 0 aliphatic carbocycles. The van der Waals surface area contributed by atoms with Crippen molar-refractivity contribution in [3.05, 3.63) is 0 Å². The minimum atomic E-state index is -0.413. The molecule has 1 rings (SSSR count). The molecule has 1 aliphatic heterocycles. The Morgan fingerprint density at radius 3 is 2.75 bits per heavy atom. The molecule has 1 amide bonds. The second kappa shape index (κ2) is 5.53. The van der Waals surface area contributed by atoms with Gasteiger partial charge in [0.2, 0.25) is 0 Å². The van der Waals surface area contributed by atoms with E-state index >= 15 is 0 Å². The fourth-order valence-electron chi connectivity index (χ4n) is 1.93. The van der Waals surface area contributed by atoms with E-state index in [-0.39, 0.29) is 12.1 Å². The largest absolute Gasteiger partial charge is 0.444 e. The third-order valence-corrected chi connectivity index (χ3v) is 2.67. The maximum Gasteiger partial charge on any atom is 0.407 e. The number of amides is 1. The van der Waals surface area contributed by atoms with E-state index < -0.39 is 5.60 Å². The highest BCUT2D eigenvalue weighted by atomic mass is 16.6. The van der Waals surface area contributed by atoms with Gasteiger partial charge in [-0.2, -0.15) is 0 Å². The highest BCUT2D eigenvalue weighted by Gasteiger charge is 2.23. The van der Waals surface area contributed by atoms with Crippen LogP contribution < -0.4 is 5.32 Å². The third-order valence-electron chi connectivity index (χ3n) is 2.67. The summed E-state index contributed by atoms with van der Waals surface area (Å²) in [7, 11) is 0. The zero-order valence-electron chi connectivity index (χ0n) is 10.9. The van der Waals surface area contributed by atoms with Gasteiger partial charge in [-0.05, 0) is 46.7 Å². The first kappa shape index (κ1) is 13.3. The Hall–Kier alpha value is -0.770. The lowest BCUT2D eigenvalue weighted by atomic mass is 10.1. The zero-order chi connectivity index (χ0) is 12.2. The van der Waals surface area contributed by atoms with Crippen LogP contribution in [0.4, 0.5) is 4.79 Å². The van der Waals surface area contributed by atoms with Gasteiger partial charge in [-0.25, -0.2) is 4.79 Å². The molecule has 1 aliphatic rings. The molecule has 4 heteroatoms. The minimum absolute atomic E-state index is 0.239. The normalized spacial score (nSPS) is 22.9. The topological polar surface area (TPSA) is 41.6 Å². The van der Waals surface area contributed by atoms with Gasteiger partial charge in [0.05, 0.1) is 0 Å². The second-order valence-corrected chi connectivity index (χ2v) is 5.38. The molecule has 0 radical (unpaired) electrons. The van der Waals surface area contributed by atoms with Crippen molar-refractivity contribution >= 4 is 6.09 Å². The standard InChI is InChI=1S/C12H24N2O2/c1-5-14-8-6-7-10(9-14)13-11(15)16-12(2,3)4/h10H,5-9H2,1-4H3,(H,13,15)/t10-/m1/s1. The molecule has 0 bridgehead atoms. The number of nitrogens with one attached hydrogen (secondary N) is 1. The van der Waals surface area contributed by atoms with E-state index in [4.69, 9.17) is 4.74 Å². The van der Waals surface area contributed by atoms with Crippen LogP contribution in [0.3, 0.4) is 0 Å². The Kier molecular flexibility index (Phi) is 4.59.